The molecule has 0 spiro atoms. The second kappa shape index (κ2) is 9.28. The number of hydrogen-bond acceptors (Lipinski definition) is 4. The molecule has 1 aliphatic heterocycles. The molecule has 154 valence electrons. The van der Waals surface area contributed by atoms with Crippen molar-refractivity contribution in [1.82, 2.24) is 20.4 Å². The van der Waals surface area contributed by atoms with Crippen LogP contribution in [0.4, 0.5) is 9.59 Å². The first-order chi connectivity index (χ1) is 12.7. The van der Waals surface area contributed by atoms with Gasteiger partial charge < -0.3 is 25.2 Å². The number of nitrogens with zero attached hydrogens (tertiary/aromatic N) is 2. The van der Waals surface area contributed by atoms with E-state index in [1.807, 2.05) is 0 Å². The Hall–Kier alpha value is -1.99. The first kappa shape index (κ1) is 21.3. The normalized spacial score (nSPS) is 20.0. The van der Waals surface area contributed by atoms with Crippen molar-refractivity contribution in [1.29, 1.82) is 0 Å². The fourth-order valence-electron chi connectivity index (χ4n) is 3.46. The number of alkyl carbamates (subject to hydrolysis) is 1. The number of piperazine rings is 1. The second-order valence-corrected chi connectivity index (χ2v) is 8.46. The van der Waals surface area contributed by atoms with Crippen molar-refractivity contribution >= 4 is 18.0 Å². The lowest BCUT2D eigenvalue weighted by Gasteiger charge is -2.37. The van der Waals surface area contributed by atoms with Crippen LogP contribution < -0.4 is 10.6 Å². The molecule has 2 N–H and O–H groups in total. The van der Waals surface area contributed by atoms with E-state index in [0.717, 1.165) is 12.8 Å². The van der Waals surface area contributed by atoms with Crippen molar-refractivity contribution in [2.45, 2.75) is 77.5 Å². The van der Waals surface area contributed by atoms with Crippen molar-refractivity contribution in [3.63, 3.8) is 0 Å². The molecule has 27 heavy (non-hydrogen) atoms. The van der Waals surface area contributed by atoms with E-state index in [2.05, 4.69) is 10.6 Å². The lowest BCUT2D eigenvalue weighted by atomic mass is 9.96. The molecule has 8 nitrogen and oxygen atoms in total. The molecule has 1 heterocycles. The van der Waals surface area contributed by atoms with Crippen LogP contribution in [0.1, 0.15) is 59.8 Å². The van der Waals surface area contributed by atoms with Gasteiger partial charge in [-0.25, -0.2) is 9.59 Å². The Balaban J connectivity index is 1.74. The van der Waals surface area contributed by atoms with E-state index in [1.165, 1.54) is 19.3 Å². The smallest absolute Gasteiger partial charge is 0.408 e. The van der Waals surface area contributed by atoms with Crippen molar-refractivity contribution in [3.05, 3.63) is 0 Å². The summed E-state index contributed by atoms with van der Waals surface area (Å²) < 4.78 is 5.18. The lowest BCUT2D eigenvalue weighted by molar-refractivity contribution is -0.134. The molecular formula is C19H34N4O4. The molecule has 1 aliphatic carbocycles. The summed E-state index contributed by atoms with van der Waals surface area (Å²) in [6, 6.07) is -0.416. The van der Waals surface area contributed by atoms with E-state index in [1.54, 1.807) is 37.5 Å². The third-order valence-corrected chi connectivity index (χ3v) is 4.91. The fraction of sp³-hybridized carbons (Fsp3) is 0.842. The summed E-state index contributed by atoms with van der Waals surface area (Å²) in [6.45, 7) is 8.92. The minimum atomic E-state index is -0.664. The highest BCUT2D eigenvalue weighted by atomic mass is 16.6. The molecule has 0 bridgehead atoms. The molecule has 0 aromatic heterocycles. The number of amides is 4. The van der Waals surface area contributed by atoms with Gasteiger partial charge >= 0.3 is 12.1 Å². The molecule has 4 amide bonds. The van der Waals surface area contributed by atoms with Gasteiger partial charge in [-0.2, -0.15) is 0 Å². The first-order valence-corrected chi connectivity index (χ1v) is 9.99. The maximum atomic E-state index is 12.5. The van der Waals surface area contributed by atoms with Crippen LogP contribution in [0.3, 0.4) is 0 Å². The van der Waals surface area contributed by atoms with Crippen LogP contribution in [0.25, 0.3) is 0 Å². The Morgan fingerprint density at radius 1 is 0.963 bits per heavy atom. The zero-order valence-electron chi connectivity index (χ0n) is 17.0. The van der Waals surface area contributed by atoms with E-state index >= 15 is 0 Å². The van der Waals surface area contributed by atoms with Gasteiger partial charge in [0, 0.05) is 32.2 Å². The van der Waals surface area contributed by atoms with Gasteiger partial charge in [0.1, 0.15) is 11.6 Å². The van der Waals surface area contributed by atoms with Gasteiger partial charge in [0.05, 0.1) is 0 Å². The monoisotopic (exact) mass is 382 g/mol. The molecule has 0 radical (unpaired) electrons. The van der Waals surface area contributed by atoms with Crippen LogP contribution in [0, 0.1) is 0 Å². The van der Waals surface area contributed by atoms with Crippen molar-refractivity contribution in [3.8, 4) is 0 Å². The molecule has 0 aromatic carbocycles. The van der Waals surface area contributed by atoms with Gasteiger partial charge in [0.2, 0.25) is 5.91 Å². The zero-order valence-corrected chi connectivity index (χ0v) is 17.0. The number of nitrogens with one attached hydrogen (secondary N) is 2. The van der Waals surface area contributed by atoms with Gasteiger partial charge in [-0.15, -0.1) is 0 Å². The predicted molar refractivity (Wildman–Crippen MR) is 102 cm³/mol. The summed E-state index contributed by atoms with van der Waals surface area (Å²) in [5, 5.41) is 5.69. The van der Waals surface area contributed by atoms with Gasteiger partial charge in [-0.05, 0) is 40.5 Å². The van der Waals surface area contributed by atoms with E-state index in [0.29, 0.717) is 26.2 Å². The molecule has 2 fully saturated rings. The van der Waals surface area contributed by atoms with Crippen LogP contribution in [-0.2, 0) is 9.53 Å². The van der Waals surface area contributed by atoms with E-state index in [-0.39, 0.29) is 18.0 Å². The SMILES string of the molecule is CC(NC(=O)OC(C)(C)C)C(=O)N1CCN(C(=O)NC2CCCCC2)CC1. The second-order valence-electron chi connectivity index (χ2n) is 8.46. The average molecular weight is 383 g/mol. The summed E-state index contributed by atoms with van der Waals surface area (Å²) in [7, 11) is 0. The Labute approximate surface area is 162 Å². The minimum absolute atomic E-state index is 0.0334. The molecule has 2 rings (SSSR count). The third kappa shape index (κ3) is 6.92. The quantitative estimate of drug-likeness (QED) is 0.782. The molecule has 2 aliphatic rings. The van der Waals surface area contributed by atoms with E-state index in [9.17, 15) is 14.4 Å². The molecule has 1 saturated heterocycles. The van der Waals surface area contributed by atoms with Gasteiger partial charge in [-0.3, -0.25) is 4.79 Å². The molecule has 1 atom stereocenters. The Morgan fingerprint density at radius 2 is 1.52 bits per heavy atom. The fourth-order valence-corrected chi connectivity index (χ4v) is 3.46. The van der Waals surface area contributed by atoms with Crippen molar-refractivity contribution < 1.29 is 19.1 Å². The zero-order chi connectivity index (χ0) is 20.0. The standard InChI is InChI=1S/C19H34N4O4/c1-14(20-18(26)27-19(2,3)4)16(24)22-10-12-23(13-11-22)17(25)21-15-8-6-5-7-9-15/h14-15H,5-13H2,1-4H3,(H,20,26)(H,21,25). The number of ether oxygens (including phenoxy) is 1. The van der Waals surface area contributed by atoms with Gasteiger partial charge in [0.25, 0.3) is 0 Å². The third-order valence-electron chi connectivity index (χ3n) is 4.91. The molecule has 8 heteroatoms. The van der Waals surface area contributed by atoms with Crippen molar-refractivity contribution in [2.75, 3.05) is 26.2 Å². The van der Waals surface area contributed by atoms with Gasteiger partial charge in [-0.1, -0.05) is 19.3 Å². The van der Waals surface area contributed by atoms with E-state index < -0.39 is 17.7 Å². The molecular weight excluding hydrogens is 348 g/mol. The summed E-state index contributed by atoms with van der Waals surface area (Å²) >= 11 is 0. The Morgan fingerprint density at radius 3 is 2.07 bits per heavy atom. The van der Waals surface area contributed by atoms with Crippen LogP contribution in [0.2, 0.25) is 0 Å². The highest BCUT2D eigenvalue weighted by Crippen LogP contribution is 2.18. The van der Waals surface area contributed by atoms with Crippen LogP contribution in [0.5, 0.6) is 0 Å². The van der Waals surface area contributed by atoms with Crippen molar-refractivity contribution in [2.24, 2.45) is 0 Å². The average Bonchev–Trinajstić information content (AvgIpc) is 2.60. The van der Waals surface area contributed by atoms with Crippen LogP contribution >= 0.6 is 0 Å². The van der Waals surface area contributed by atoms with Crippen LogP contribution in [0.15, 0.2) is 0 Å². The number of urea groups is 1. The molecule has 1 saturated carbocycles. The highest BCUT2D eigenvalue weighted by Gasteiger charge is 2.29. The number of carbonyl (C=O) groups is 3. The van der Waals surface area contributed by atoms with Crippen LogP contribution in [-0.4, -0.2) is 71.7 Å². The first-order valence-electron chi connectivity index (χ1n) is 9.99. The molecule has 1 unspecified atom stereocenters. The topological polar surface area (TPSA) is 91.0 Å². The summed E-state index contributed by atoms with van der Waals surface area (Å²) in [6.07, 6.45) is 5.11. The number of rotatable bonds is 3. The minimum Gasteiger partial charge on any atom is -0.444 e. The Bertz CT molecular complexity index is 532. The molecule has 0 aromatic rings. The lowest BCUT2D eigenvalue weighted by Crippen LogP contribution is -2.57. The highest BCUT2D eigenvalue weighted by molar-refractivity contribution is 5.85. The summed E-state index contributed by atoms with van der Waals surface area (Å²) in [4.78, 5) is 40.2. The van der Waals surface area contributed by atoms with Gasteiger partial charge in [0.15, 0.2) is 0 Å². The largest absolute Gasteiger partial charge is 0.444 e. The Kier molecular flexibility index (Phi) is 7.33. The number of hydrogen-bond donors (Lipinski definition) is 2. The summed E-state index contributed by atoms with van der Waals surface area (Å²) in [5.41, 5.74) is -0.607. The number of carbonyl (C=O) groups excluding carboxylic acids is 3. The summed E-state index contributed by atoms with van der Waals surface area (Å²) in [5.74, 6) is -0.159. The maximum Gasteiger partial charge on any atom is 0.408 e. The maximum absolute atomic E-state index is 12.5. The van der Waals surface area contributed by atoms with E-state index in [4.69, 9.17) is 4.74 Å². The predicted octanol–water partition coefficient (Wildman–Crippen LogP) is 2.09.